The summed E-state index contributed by atoms with van der Waals surface area (Å²) in [7, 11) is 0. The van der Waals surface area contributed by atoms with Gasteiger partial charge in [-0.05, 0) is 35.3 Å². The minimum absolute atomic E-state index is 0.00194. The highest BCUT2D eigenvalue weighted by molar-refractivity contribution is 7.99. The second-order valence-corrected chi connectivity index (χ2v) is 5.76. The quantitative estimate of drug-likeness (QED) is 0.546. The van der Waals surface area contributed by atoms with Gasteiger partial charge in [0.25, 0.3) is 11.3 Å². The van der Waals surface area contributed by atoms with E-state index in [2.05, 4.69) is 4.98 Å². The zero-order valence-electron chi connectivity index (χ0n) is 9.99. The van der Waals surface area contributed by atoms with Crippen molar-refractivity contribution in [1.29, 1.82) is 0 Å². The van der Waals surface area contributed by atoms with Crippen LogP contribution in [0.25, 0.3) is 15.9 Å². The fourth-order valence-electron chi connectivity index (χ4n) is 1.86. The van der Waals surface area contributed by atoms with E-state index in [-0.39, 0.29) is 22.5 Å². The molecule has 102 valence electrons. The van der Waals surface area contributed by atoms with E-state index in [0.717, 1.165) is 0 Å². The molecule has 1 aromatic carbocycles. The molecule has 3 rings (SSSR count). The van der Waals surface area contributed by atoms with Gasteiger partial charge in [-0.2, -0.15) is 8.78 Å². The second kappa shape index (κ2) is 5.34. The van der Waals surface area contributed by atoms with E-state index in [0.29, 0.717) is 15.9 Å². The van der Waals surface area contributed by atoms with Crippen molar-refractivity contribution in [3.05, 3.63) is 52.1 Å². The topological polar surface area (TPSA) is 34.9 Å². The lowest BCUT2D eigenvalue weighted by atomic mass is 10.3. The van der Waals surface area contributed by atoms with Gasteiger partial charge in [0.15, 0.2) is 5.16 Å². The van der Waals surface area contributed by atoms with E-state index in [1.807, 2.05) is 0 Å². The van der Waals surface area contributed by atoms with Gasteiger partial charge in [-0.15, -0.1) is 11.3 Å². The van der Waals surface area contributed by atoms with Gasteiger partial charge in [-0.3, -0.25) is 9.36 Å². The first-order valence-electron chi connectivity index (χ1n) is 5.67. The van der Waals surface area contributed by atoms with Crippen LogP contribution in [0, 0.1) is 0 Å². The number of para-hydroxylation sites is 1. The number of aromatic nitrogens is 2. The average Bonchev–Trinajstić information content (AvgIpc) is 2.88. The van der Waals surface area contributed by atoms with Gasteiger partial charge in [0.2, 0.25) is 0 Å². The van der Waals surface area contributed by atoms with E-state index in [9.17, 15) is 13.6 Å². The van der Waals surface area contributed by atoms with Crippen LogP contribution < -0.4 is 5.56 Å². The first-order valence-corrected chi connectivity index (χ1v) is 7.43. The van der Waals surface area contributed by atoms with Gasteiger partial charge in [0.05, 0.1) is 11.2 Å². The Balaban J connectivity index is 2.32. The van der Waals surface area contributed by atoms with E-state index < -0.39 is 5.76 Å². The standard InChI is InChI=1S/C13H8F2N2OS2/c14-12(15)20-13-16-9-6-7-19-10(9)11(18)17(13)8-4-2-1-3-5-8/h1-7,12H. The van der Waals surface area contributed by atoms with E-state index >= 15 is 0 Å². The molecule has 3 aromatic rings. The maximum atomic E-state index is 12.7. The minimum Gasteiger partial charge on any atom is -0.267 e. The molecule has 0 N–H and O–H groups in total. The Morgan fingerprint density at radius 2 is 1.95 bits per heavy atom. The Labute approximate surface area is 120 Å². The molecule has 0 aliphatic rings. The lowest BCUT2D eigenvalue weighted by Gasteiger charge is -2.11. The molecule has 0 aliphatic heterocycles. The molecule has 0 spiro atoms. The molecular weight excluding hydrogens is 302 g/mol. The third kappa shape index (κ3) is 2.34. The summed E-state index contributed by atoms with van der Waals surface area (Å²) in [5, 5.41) is 1.73. The fourth-order valence-corrected chi connectivity index (χ4v) is 3.22. The SMILES string of the molecule is O=c1c2sccc2nc(SC(F)F)n1-c1ccccc1. The number of benzene rings is 1. The summed E-state index contributed by atoms with van der Waals surface area (Å²) < 4.78 is 27.1. The monoisotopic (exact) mass is 310 g/mol. The molecule has 0 saturated carbocycles. The molecule has 0 atom stereocenters. The molecule has 2 heterocycles. The Bertz CT molecular complexity index is 799. The van der Waals surface area contributed by atoms with Gasteiger partial charge in [-0.1, -0.05) is 18.2 Å². The van der Waals surface area contributed by atoms with Crippen LogP contribution in [0.2, 0.25) is 0 Å². The summed E-state index contributed by atoms with van der Waals surface area (Å²) in [6.45, 7) is 0. The summed E-state index contributed by atoms with van der Waals surface area (Å²) in [5.41, 5.74) is 0.665. The number of fused-ring (bicyclic) bond motifs is 1. The highest BCUT2D eigenvalue weighted by atomic mass is 32.2. The van der Waals surface area contributed by atoms with Crippen molar-refractivity contribution in [2.24, 2.45) is 0 Å². The number of hydrogen-bond donors (Lipinski definition) is 0. The molecule has 3 nitrogen and oxygen atoms in total. The number of alkyl halides is 2. The van der Waals surface area contributed by atoms with Gasteiger partial charge in [0, 0.05) is 0 Å². The molecule has 0 unspecified atom stereocenters. The third-order valence-electron chi connectivity index (χ3n) is 2.66. The van der Waals surface area contributed by atoms with Crippen molar-refractivity contribution in [3.8, 4) is 5.69 Å². The highest BCUT2D eigenvalue weighted by Gasteiger charge is 2.17. The first kappa shape index (κ1) is 13.3. The molecule has 7 heteroatoms. The van der Waals surface area contributed by atoms with Crippen molar-refractivity contribution >= 4 is 33.3 Å². The van der Waals surface area contributed by atoms with Crippen molar-refractivity contribution in [2.45, 2.75) is 10.9 Å². The number of rotatable bonds is 3. The lowest BCUT2D eigenvalue weighted by molar-refractivity contribution is 0.251. The Morgan fingerprint density at radius 3 is 2.65 bits per heavy atom. The predicted octanol–water partition coefficient (Wildman–Crippen LogP) is 3.76. The Hall–Kier alpha value is -1.73. The van der Waals surface area contributed by atoms with Crippen LogP contribution in [0.4, 0.5) is 8.78 Å². The molecular formula is C13H8F2N2OS2. The van der Waals surface area contributed by atoms with Gasteiger partial charge in [0.1, 0.15) is 4.70 Å². The predicted molar refractivity (Wildman–Crippen MR) is 77.1 cm³/mol. The maximum absolute atomic E-state index is 12.7. The Morgan fingerprint density at radius 1 is 1.20 bits per heavy atom. The van der Waals surface area contributed by atoms with E-state index in [4.69, 9.17) is 0 Å². The molecule has 0 saturated heterocycles. The van der Waals surface area contributed by atoms with Crippen molar-refractivity contribution in [2.75, 3.05) is 0 Å². The molecule has 20 heavy (non-hydrogen) atoms. The zero-order valence-corrected chi connectivity index (χ0v) is 11.6. The minimum atomic E-state index is -2.63. The van der Waals surface area contributed by atoms with Crippen molar-refractivity contribution < 1.29 is 8.78 Å². The normalized spacial score (nSPS) is 11.3. The van der Waals surface area contributed by atoms with Crippen molar-refractivity contribution in [3.63, 3.8) is 0 Å². The number of thiophene rings is 1. The number of hydrogen-bond acceptors (Lipinski definition) is 4. The maximum Gasteiger partial charge on any atom is 0.291 e. The van der Waals surface area contributed by atoms with Crippen LogP contribution in [-0.2, 0) is 0 Å². The third-order valence-corrected chi connectivity index (χ3v) is 4.21. The molecule has 0 fully saturated rings. The molecule has 0 amide bonds. The molecule has 0 radical (unpaired) electrons. The van der Waals surface area contributed by atoms with Crippen LogP contribution in [0.5, 0.6) is 0 Å². The largest absolute Gasteiger partial charge is 0.291 e. The summed E-state index contributed by atoms with van der Waals surface area (Å²) in [4.78, 5) is 16.6. The highest BCUT2D eigenvalue weighted by Crippen LogP contribution is 2.27. The van der Waals surface area contributed by atoms with E-state index in [1.165, 1.54) is 15.9 Å². The second-order valence-electron chi connectivity index (χ2n) is 3.88. The summed E-state index contributed by atoms with van der Waals surface area (Å²) >= 11 is 1.53. The summed E-state index contributed by atoms with van der Waals surface area (Å²) in [5.74, 6) is -2.63. The summed E-state index contributed by atoms with van der Waals surface area (Å²) in [6, 6.07) is 10.3. The zero-order chi connectivity index (χ0) is 14.1. The Kier molecular flexibility index (Phi) is 3.54. The smallest absolute Gasteiger partial charge is 0.267 e. The van der Waals surface area contributed by atoms with Crippen LogP contribution >= 0.6 is 23.1 Å². The molecule has 0 bridgehead atoms. The van der Waals surface area contributed by atoms with Crippen LogP contribution in [0.3, 0.4) is 0 Å². The van der Waals surface area contributed by atoms with Crippen LogP contribution in [-0.4, -0.2) is 15.3 Å². The number of halogens is 2. The van der Waals surface area contributed by atoms with Crippen LogP contribution in [0.15, 0.2) is 51.7 Å². The summed E-state index contributed by atoms with van der Waals surface area (Å²) in [6.07, 6.45) is 0. The first-order chi connectivity index (χ1) is 9.66. The molecule has 0 aliphatic carbocycles. The molecule has 2 aromatic heterocycles. The van der Waals surface area contributed by atoms with Gasteiger partial charge in [-0.25, -0.2) is 4.98 Å². The average molecular weight is 310 g/mol. The number of thioether (sulfide) groups is 1. The van der Waals surface area contributed by atoms with Crippen LogP contribution in [0.1, 0.15) is 0 Å². The van der Waals surface area contributed by atoms with E-state index in [1.54, 1.807) is 41.8 Å². The number of nitrogens with zero attached hydrogens (tertiary/aromatic N) is 2. The van der Waals surface area contributed by atoms with Gasteiger partial charge < -0.3 is 0 Å². The van der Waals surface area contributed by atoms with Gasteiger partial charge >= 0.3 is 0 Å². The van der Waals surface area contributed by atoms with Crippen molar-refractivity contribution in [1.82, 2.24) is 9.55 Å². The fraction of sp³-hybridized carbons (Fsp3) is 0.0769. The lowest BCUT2D eigenvalue weighted by Crippen LogP contribution is -2.21.